The van der Waals surface area contributed by atoms with E-state index >= 15 is 0 Å². The third-order valence-corrected chi connectivity index (χ3v) is 3.03. The number of nitrogens with one attached hydrogen (secondary N) is 1. The summed E-state index contributed by atoms with van der Waals surface area (Å²) in [5.41, 5.74) is 7.12. The standard InChI is InChI=1S/C13H18N2/c1-9(2)13-5-4-11-7-14-15-8-12(11)6-10(13)3/h4-7,9-10,15H,8H2,1-3H3. The van der Waals surface area contributed by atoms with Gasteiger partial charge in [-0.15, -0.1) is 0 Å². The highest BCUT2D eigenvalue weighted by atomic mass is 15.3. The van der Waals surface area contributed by atoms with Crippen LogP contribution in [-0.4, -0.2) is 12.8 Å². The van der Waals surface area contributed by atoms with E-state index in [0.717, 1.165) is 6.54 Å². The molecule has 0 saturated carbocycles. The third kappa shape index (κ3) is 2.04. The minimum Gasteiger partial charge on any atom is -0.306 e. The summed E-state index contributed by atoms with van der Waals surface area (Å²) in [5.74, 6) is 1.14. The van der Waals surface area contributed by atoms with Crippen molar-refractivity contribution in [3.63, 3.8) is 0 Å². The van der Waals surface area contributed by atoms with Gasteiger partial charge in [-0.25, -0.2) is 0 Å². The van der Waals surface area contributed by atoms with E-state index < -0.39 is 0 Å². The zero-order valence-electron chi connectivity index (χ0n) is 9.62. The van der Waals surface area contributed by atoms with Gasteiger partial charge in [0.2, 0.25) is 0 Å². The Labute approximate surface area is 91.5 Å². The molecule has 2 nitrogen and oxygen atoms in total. The average Bonchev–Trinajstić information content (AvgIpc) is 2.35. The fourth-order valence-electron chi connectivity index (χ4n) is 2.19. The molecule has 0 aromatic rings. The summed E-state index contributed by atoms with van der Waals surface area (Å²) < 4.78 is 0. The normalized spacial score (nSPS) is 24.8. The lowest BCUT2D eigenvalue weighted by Gasteiger charge is -2.17. The molecule has 1 aliphatic heterocycles. The van der Waals surface area contributed by atoms with E-state index in [-0.39, 0.29) is 0 Å². The molecule has 2 heteroatoms. The number of hydrogen-bond acceptors (Lipinski definition) is 2. The first-order chi connectivity index (χ1) is 7.18. The highest BCUT2D eigenvalue weighted by molar-refractivity contribution is 5.86. The molecule has 15 heavy (non-hydrogen) atoms. The fourth-order valence-corrected chi connectivity index (χ4v) is 2.19. The Kier molecular flexibility index (Phi) is 2.76. The first-order valence-electron chi connectivity index (χ1n) is 5.57. The lowest BCUT2D eigenvalue weighted by molar-refractivity contribution is 0.662. The van der Waals surface area contributed by atoms with Crippen LogP contribution >= 0.6 is 0 Å². The van der Waals surface area contributed by atoms with Crippen LogP contribution in [0.3, 0.4) is 0 Å². The second-order valence-electron chi connectivity index (χ2n) is 4.52. The third-order valence-electron chi connectivity index (χ3n) is 3.03. The van der Waals surface area contributed by atoms with Crippen LogP contribution in [0, 0.1) is 11.8 Å². The second kappa shape index (κ2) is 4.05. The Bertz CT molecular complexity index is 370. The predicted octanol–water partition coefficient (Wildman–Crippen LogP) is 2.66. The molecule has 0 aromatic heterocycles. The first kappa shape index (κ1) is 10.2. The van der Waals surface area contributed by atoms with Gasteiger partial charge >= 0.3 is 0 Å². The predicted molar refractivity (Wildman–Crippen MR) is 64.7 cm³/mol. The Hall–Kier alpha value is -1.31. The molecule has 80 valence electrons. The van der Waals surface area contributed by atoms with E-state index in [1.54, 1.807) is 0 Å². The van der Waals surface area contributed by atoms with Gasteiger partial charge < -0.3 is 5.43 Å². The maximum atomic E-state index is 4.08. The van der Waals surface area contributed by atoms with Crippen molar-refractivity contribution in [2.45, 2.75) is 20.8 Å². The summed E-state index contributed by atoms with van der Waals surface area (Å²) in [6.07, 6.45) is 8.70. The smallest absolute Gasteiger partial charge is 0.0583 e. The minimum absolute atomic E-state index is 0.530. The van der Waals surface area contributed by atoms with Crippen molar-refractivity contribution in [3.8, 4) is 0 Å². The van der Waals surface area contributed by atoms with Gasteiger partial charge in [-0.3, -0.25) is 0 Å². The SMILES string of the molecule is CC(C)C1=CC=C2C=NNCC2=CC1C. The van der Waals surface area contributed by atoms with Gasteiger partial charge in [0, 0.05) is 0 Å². The van der Waals surface area contributed by atoms with E-state index in [4.69, 9.17) is 0 Å². The highest BCUT2D eigenvalue weighted by Crippen LogP contribution is 2.27. The van der Waals surface area contributed by atoms with Crippen molar-refractivity contribution >= 4 is 6.21 Å². The number of rotatable bonds is 1. The van der Waals surface area contributed by atoms with Crippen LogP contribution < -0.4 is 5.43 Å². The van der Waals surface area contributed by atoms with E-state index in [1.807, 2.05) is 6.21 Å². The molecule has 0 radical (unpaired) electrons. The maximum Gasteiger partial charge on any atom is 0.0583 e. The van der Waals surface area contributed by atoms with E-state index in [1.165, 1.54) is 16.7 Å². The van der Waals surface area contributed by atoms with Crippen molar-refractivity contribution in [1.29, 1.82) is 0 Å². The lowest BCUT2D eigenvalue weighted by Crippen LogP contribution is -2.18. The number of allylic oxidation sites excluding steroid dienone is 4. The Morgan fingerprint density at radius 1 is 1.40 bits per heavy atom. The molecule has 0 aromatic carbocycles. The number of fused-ring (bicyclic) bond motifs is 1. The lowest BCUT2D eigenvalue weighted by atomic mass is 9.90. The monoisotopic (exact) mass is 202 g/mol. The van der Waals surface area contributed by atoms with Crippen LogP contribution in [0.2, 0.25) is 0 Å². The van der Waals surface area contributed by atoms with Crippen molar-refractivity contribution in [2.75, 3.05) is 6.54 Å². The van der Waals surface area contributed by atoms with Gasteiger partial charge in [-0.1, -0.05) is 44.6 Å². The summed E-state index contributed by atoms with van der Waals surface area (Å²) in [4.78, 5) is 0. The van der Waals surface area contributed by atoms with E-state index in [9.17, 15) is 0 Å². The number of nitrogens with zero attached hydrogens (tertiary/aromatic N) is 1. The topological polar surface area (TPSA) is 24.4 Å². The Morgan fingerprint density at radius 3 is 2.93 bits per heavy atom. The van der Waals surface area contributed by atoms with Crippen LogP contribution in [0.15, 0.2) is 40.0 Å². The van der Waals surface area contributed by atoms with Crippen LogP contribution in [0.1, 0.15) is 20.8 Å². The average molecular weight is 202 g/mol. The number of hydrogen-bond donors (Lipinski definition) is 1. The van der Waals surface area contributed by atoms with Crippen LogP contribution in [0.25, 0.3) is 0 Å². The molecule has 0 spiro atoms. The van der Waals surface area contributed by atoms with Gasteiger partial charge in [0.15, 0.2) is 0 Å². The van der Waals surface area contributed by atoms with Gasteiger partial charge in [0.05, 0.1) is 12.8 Å². The molecule has 1 aliphatic carbocycles. The molecular weight excluding hydrogens is 184 g/mol. The Balaban J connectivity index is 2.37. The molecule has 2 rings (SSSR count). The second-order valence-corrected chi connectivity index (χ2v) is 4.52. The zero-order chi connectivity index (χ0) is 10.8. The highest BCUT2D eigenvalue weighted by Gasteiger charge is 2.16. The zero-order valence-corrected chi connectivity index (χ0v) is 9.62. The van der Waals surface area contributed by atoms with Gasteiger partial charge in [-0.05, 0) is 23.0 Å². The molecule has 1 unspecified atom stereocenters. The van der Waals surface area contributed by atoms with Crippen molar-refractivity contribution in [1.82, 2.24) is 5.43 Å². The maximum absolute atomic E-state index is 4.08. The van der Waals surface area contributed by atoms with E-state index in [2.05, 4.69) is 49.5 Å². The van der Waals surface area contributed by atoms with Crippen molar-refractivity contribution < 1.29 is 0 Å². The summed E-state index contributed by atoms with van der Waals surface area (Å²) >= 11 is 0. The van der Waals surface area contributed by atoms with Crippen LogP contribution in [0.4, 0.5) is 0 Å². The van der Waals surface area contributed by atoms with Gasteiger partial charge in [0.1, 0.15) is 0 Å². The van der Waals surface area contributed by atoms with Gasteiger partial charge in [0.25, 0.3) is 0 Å². The first-order valence-corrected chi connectivity index (χ1v) is 5.57. The van der Waals surface area contributed by atoms with E-state index in [0.29, 0.717) is 11.8 Å². The molecule has 1 atom stereocenters. The summed E-state index contributed by atoms with van der Waals surface area (Å²) in [7, 11) is 0. The van der Waals surface area contributed by atoms with Crippen molar-refractivity contribution in [3.05, 3.63) is 34.9 Å². The summed E-state index contributed by atoms with van der Waals surface area (Å²) in [5, 5.41) is 4.08. The van der Waals surface area contributed by atoms with Crippen LogP contribution in [0.5, 0.6) is 0 Å². The minimum atomic E-state index is 0.530. The molecule has 0 saturated heterocycles. The Morgan fingerprint density at radius 2 is 2.20 bits per heavy atom. The van der Waals surface area contributed by atoms with Crippen LogP contribution in [-0.2, 0) is 0 Å². The fraction of sp³-hybridized carbons (Fsp3) is 0.462. The van der Waals surface area contributed by atoms with Crippen molar-refractivity contribution in [2.24, 2.45) is 16.9 Å². The molecule has 1 N–H and O–H groups in total. The molecule has 1 heterocycles. The molecule has 0 amide bonds. The van der Waals surface area contributed by atoms with Gasteiger partial charge in [-0.2, -0.15) is 5.10 Å². The summed E-state index contributed by atoms with van der Waals surface area (Å²) in [6, 6.07) is 0. The molecule has 0 fully saturated rings. The molecular formula is C13H18N2. The molecule has 0 bridgehead atoms. The quantitative estimate of drug-likeness (QED) is 0.694. The summed E-state index contributed by atoms with van der Waals surface area (Å²) in [6.45, 7) is 7.62. The number of hydrazone groups is 1. The molecule has 2 aliphatic rings. The largest absolute Gasteiger partial charge is 0.306 e.